The highest BCUT2D eigenvalue weighted by molar-refractivity contribution is 5.71. The molecule has 6 nitrogen and oxygen atoms in total. The van der Waals surface area contributed by atoms with E-state index in [2.05, 4.69) is 81.5 Å². The number of carbonyl (C=O) groups excluding carboxylic acids is 3. The van der Waals surface area contributed by atoms with Crippen LogP contribution in [-0.2, 0) is 28.6 Å². The lowest BCUT2D eigenvalue weighted by Crippen LogP contribution is -2.30. The van der Waals surface area contributed by atoms with Crippen LogP contribution in [0.2, 0.25) is 0 Å². The minimum Gasteiger partial charge on any atom is -0.462 e. The molecule has 0 bridgehead atoms. The normalized spacial score (nSPS) is 12.4. The molecule has 72 heavy (non-hydrogen) atoms. The second-order valence-corrected chi connectivity index (χ2v) is 21.0. The largest absolute Gasteiger partial charge is 0.462 e. The van der Waals surface area contributed by atoms with Gasteiger partial charge in [-0.25, -0.2) is 0 Å². The predicted molar refractivity (Wildman–Crippen MR) is 312 cm³/mol. The van der Waals surface area contributed by atoms with E-state index in [-0.39, 0.29) is 31.1 Å². The summed E-state index contributed by atoms with van der Waals surface area (Å²) in [6.07, 6.45) is 76.7. The summed E-state index contributed by atoms with van der Waals surface area (Å²) < 4.78 is 16.9. The summed E-state index contributed by atoms with van der Waals surface area (Å²) in [7, 11) is 0. The number of hydrogen-bond donors (Lipinski definition) is 0. The Labute approximate surface area is 447 Å². The molecule has 0 spiro atoms. The summed E-state index contributed by atoms with van der Waals surface area (Å²) in [5.41, 5.74) is 0. The third-order valence-electron chi connectivity index (χ3n) is 13.8. The fourth-order valence-corrected chi connectivity index (χ4v) is 9.12. The van der Waals surface area contributed by atoms with Crippen LogP contribution in [0, 0.1) is 0 Å². The SMILES string of the molecule is CC/C=C\C/C=C\C/C=C\C/C=C\C/C=C\CCCCCCCCCC(=O)OCC(COC(=O)CCCCCCCCCC)OC(=O)CCCCCCCCCCCCCCCCCCCCCCCCC. The Balaban J connectivity index is 4.19. The summed E-state index contributed by atoms with van der Waals surface area (Å²) >= 11 is 0. The first-order chi connectivity index (χ1) is 35.5. The highest BCUT2D eigenvalue weighted by atomic mass is 16.6. The molecule has 418 valence electrons. The minimum absolute atomic E-state index is 0.0741. The fourth-order valence-electron chi connectivity index (χ4n) is 9.12. The summed E-state index contributed by atoms with van der Waals surface area (Å²) in [6.45, 7) is 6.53. The highest BCUT2D eigenvalue weighted by Crippen LogP contribution is 2.17. The van der Waals surface area contributed by atoms with Crippen LogP contribution >= 0.6 is 0 Å². The van der Waals surface area contributed by atoms with Crippen LogP contribution in [0.25, 0.3) is 0 Å². The second kappa shape index (κ2) is 60.7. The summed E-state index contributed by atoms with van der Waals surface area (Å²) in [4.78, 5) is 38.1. The van der Waals surface area contributed by atoms with E-state index >= 15 is 0 Å². The van der Waals surface area contributed by atoms with E-state index in [1.165, 1.54) is 186 Å². The number of ether oxygens (including phenoxy) is 3. The molecule has 0 aliphatic heterocycles. The Morgan fingerprint density at radius 2 is 0.542 bits per heavy atom. The maximum Gasteiger partial charge on any atom is 0.306 e. The number of hydrogen-bond acceptors (Lipinski definition) is 6. The van der Waals surface area contributed by atoms with Gasteiger partial charge in [-0.05, 0) is 64.2 Å². The van der Waals surface area contributed by atoms with Crippen LogP contribution in [0.5, 0.6) is 0 Å². The van der Waals surface area contributed by atoms with Crippen LogP contribution in [-0.4, -0.2) is 37.2 Å². The van der Waals surface area contributed by atoms with Gasteiger partial charge in [0.05, 0.1) is 0 Å². The first kappa shape index (κ1) is 69.1. The molecule has 1 atom stereocenters. The number of allylic oxidation sites excluding steroid dienone is 10. The quantitative estimate of drug-likeness (QED) is 0.0261. The average Bonchev–Trinajstić information content (AvgIpc) is 3.38. The van der Waals surface area contributed by atoms with Gasteiger partial charge in [-0.2, -0.15) is 0 Å². The van der Waals surface area contributed by atoms with Crippen molar-refractivity contribution in [3.8, 4) is 0 Å². The van der Waals surface area contributed by atoms with Gasteiger partial charge in [0.15, 0.2) is 6.10 Å². The van der Waals surface area contributed by atoms with Gasteiger partial charge < -0.3 is 14.2 Å². The van der Waals surface area contributed by atoms with E-state index in [0.29, 0.717) is 19.3 Å². The van der Waals surface area contributed by atoms with Crippen molar-refractivity contribution in [2.75, 3.05) is 13.2 Å². The smallest absolute Gasteiger partial charge is 0.306 e. The van der Waals surface area contributed by atoms with Crippen molar-refractivity contribution in [1.82, 2.24) is 0 Å². The second-order valence-electron chi connectivity index (χ2n) is 21.0. The zero-order valence-corrected chi connectivity index (χ0v) is 47.9. The molecule has 0 aromatic rings. The molecule has 0 aromatic heterocycles. The molecule has 0 amide bonds. The molecular weight excluding hydrogens is 889 g/mol. The lowest BCUT2D eigenvalue weighted by atomic mass is 10.0. The summed E-state index contributed by atoms with van der Waals surface area (Å²) in [6, 6.07) is 0. The van der Waals surface area contributed by atoms with Gasteiger partial charge in [0, 0.05) is 19.3 Å². The van der Waals surface area contributed by atoms with Crippen molar-refractivity contribution in [3.63, 3.8) is 0 Å². The third-order valence-corrected chi connectivity index (χ3v) is 13.8. The van der Waals surface area contributed by atoms with Gasteiger partial charge in [-0.15, -0.1) is 0 Å². The van der Waals surface area contributed by atoms with Crippen molar-refractivity contribution in [1.29, 1.82) is 0 Å². The molecule has 0 heterocycles. The number of rotatable bonds is 57. The van der Waals surface area contributed by atoms with Crippen LogP contribution in [0.1, 0.15) is 323 Å². The van der Waals surface area contributed by atoms with E-state index in [9.17, 15) is 14.4 Å². The molecule has 0 saturated heterocycles. The predicted octanol–water partition coefficient (Wildman–Crippen LogP) is 21.2. The standard InChI is InChI=1S/C66H118O6/c1-4-7-10-13-16-19-21-23-25-27-29-31-33-35-37-39-41-43-45-47-50-53-56-59-65(68)71-62-63(61-70-64(67)58-55-52-49-18-15-12-9-6-3)72-66(69)60-57-54-51-48-46-44-42-40-38-36-34-32-30-28-26-24-22-20-17-14-11-8-5-2/h7,10,16,19,23,25,29,31,35,37,63H,4-6,8-9,11-15,17-18,20-22,24,26-28,30,32-34,36,38-62H2,1-3H3/b10-7-,19-16-,25-23-,31-29-,37-35-. The molecular formula is C66H118O6. The Morgan fingerprint density at radius 1 is 0.292 bits per heavy atom. The fraction of sp³-hybridized carbons (Fsp3) is 0.803. The van der Waals surface area contributed by atoms with E-state index in [0.717, 1.165) is 96.3 Å². The molecule has 6 heteroatoms. The maximum atomic E-state index is 12.9. The summed E-state index contributed by atoms with van der Waals surface area (Å²) in [5.74, 6) is -0.873. The Bertz CT molecular complexity index is 1290. The van der Waals surface area contributed by atoms with E-state index in [4.69, 9.17) is 14.2 Å². The zero-order chi connectivity index (χ0) is 52.2. The lowest BCUT2D eigenvalue weighted by Gasteiger charge is -2.18. The van der Waals surface area contributed by atoms with Crippen molar-refractivity contribution in [2.24, 2.45) is 0 Å². The zero-order valence-electron chi connectivity index (χ0n) is 47.9. The van der Waals surface area contributed by atoms with Gasteiger partial charge >= 0.3 is 17.9 Å². The topological polar surface area (TPSA) is 78.9 Å². The molecule has 0 N–H and O–H groups in total. The van der Waals surface area contributed by atoms with Crippen molar-refractivity contribution < 1.29 is 28.6 Å². The van der Waals surface area contributed by atoms with Crippen LogP contribution in [0.3, 0.4) is 0 Å². The molecule has 0 fully saturated rings. The van der Waals surface area contributed by atoms with E-state index in [1.807, 2.05) is 0 Å². The van der Waals surface area contributed by atoms with E-state index in [1.54, 1.807) is 0 Å². The summed E-state index contributed by atoms with van der Waals surface area (Å²) in [5, 5.41) is 0. The average molecular weight is 1010 g/mol. The molecule has 0 aliphatic carbocycles. The molecule has 0 radical (unpaired) electrons. The first-order valence-corrected chi connectivity index (χ1v) is 31.3. The Hall–Kier alpha value is -2.89. The van der Waals surface area contributed by atoms with Crippen LogP contribution in [0.4, 0.5) is 0 Å². The molecule has 0 rings (SSSR count). The Morgan fingerprint density at radius 3 is 0.847 bits per heavy atom. The first-order valence-electron chi connectivity index (χ1n) is 31.3. The minimum atomic E-state index is -0.775. The van der Waals surface area contributed by atoms with Gasteiger partial charge in [-0.3, -0.25) is 14.4 Å². The van der Waals surface area contributed by atoms with Crippen LogP contribution < -0.4 is 0 Å². The third kappa shape index (κ3) is 58.0. The van der Waals surface area contributed by atoms with Crippen LogP contribution in [0.15, 0.2) is 60.8 Å². The van der Waals surface area contributed by atoms with Crippen molar-refractivity contribution in [2.45, 2.75) is 329 Å². The Kier molecular flexibility index (Phi) is 58.2. The highest BCUT2D eigenvalue weighted by Gasteiger charge is 2.19. The van der Waals surface area contributed by atoms with Gasteiger partial charge in [-0.1, -0.05) is 300 Å². The molecule has 0 saturated carbocycles. The van der Waals surface area contributed by atoms with Gasteiger partial charge in [0.2, 0.25) is 0 Å². The number of carbonyl (C=O) groups is 3. The van der Waals surface area contributed by atoms with Crippen molar-refractivity contribution in [3.05, 3.63) is 60.8 Å². The van der Waals surface area contributed by atoms with Gasteiger partial charge in [0.25, 0.3) is 0 Å². The molecule has 0 aromatic carbocycles. The number of unbranched alkanes of at least 4 members (excludes halogenated alkanes) is 36. The molecule has 0 aliphatic rings. The molecule has 1 unspecified atom stereocenters. The van der Waals surface area contributed by atoms with Crippen molar-refractivity contribution >= 4 is 17.9 Å². The van der Waals surface area contributed by atoms with Gasteiger partial charge in [0.1, 0.15) is 13.2 Å². The van der Waals surface area contributed by atoms with E-state index < -0.39 is 6.10 Å². The number of esters is 3. The maximum absolute atomic E-state index is 12.9. The lowest BCUT2D eigenvalue weighted by molar-refractivity contribution is -0.167. The monoisotopic (exact) mass is 1010 g/mol.